The fourth-order valence-corrected chi connectivity index (χ4v) is 3.72. The number of hydrogen-bond acceptors (Lipinski definition) is 5. The fraction of sp³-hybridized carbons (Fsp3) is 0.316. The van der Waals surface area contributed by atoms with Gasteiger partial charge in [0.05, 0.1) is 0 Å². The molecule has 10 heteroatoms. The molecule has 0 radical (unpaired) electrons. The lowest BCUT2D eigenvalue weighted by Gasteiger charge is -2.35. The van der Waals surface area contributed by atoms with Gasteiger partial charge in [-0.15, -0.1) is 15.3 Å². The highest BCUT2D eigenvalue weighted by Gasteiger charge is 2.37. The number of alkyl halides is 3. The molecular weight excluding hydrogens is 383 g/mol. The quantitative estimate of drug-likeness (QED) is 0.572. The summed E-state index contributed by atoms with van der Waals surface area (Å²) in [6.45, 7) is 3.83. The topological polar surface area (TPSA) is 65.4 Å². The van der Waals surface area contributed by atoms with E-state index in [2.05, 4.69) is 49.4 Å². The molecule has 4 heterocycles. The van der Waals surface area contributed by atoms with Gasteiger partial charge >= 0.3 is 6.18 Å². The molecule has 1 aromatic carbocycles. The van der Waals surface area contributed by atoms with Crippen molar-refractivity contribution in [3.05, 3.63) is 54.0 Å². The maximum atomic E-state index is 13.1. The Balaban J connectivity index is 1.28. The minimum Gasteiger partial charge on any atom is -0.361 e. The predicted octanol–water partition coefficient (Wildman–Crippen LogP) is 2.95. The van der Waals surface area contributed by atoms with Crippen LogP contribution >= 0.6 is 0 Å². The minimum absolute atomic E-state index is 0.0832. The van der Waals surface area contributed by atoms with E-state index in [-0.39, 0.29) is 5.65 Å². The Kier molecular flexibility index (Phi) is 4.16. The van der Waals surface area contributed by atoms with Crippen molar-refractivity contribution in [1.82, 2.24) is 29.7 Å². The van der Waals surface area contributed by atoms with Crippen molar-refractivity contribution in [2.24, 2.45) is 0 Å². The SMILES string of the molecule is FC(F)(F)c1nnc2ccc(N3CCN(Cc4ccc5[nH]ccc5c4)CC3)nn12. The van der Waals surface area contributed by atoms with Gasteiger partial charge in [0.2, 0.25) is 0 Å². The molecule has 150 valence electrons. The summed E-state index contributed by atoms with van der Waals surface area (Å²) in [5.41, 5.74) is 2.44. The molecule has 3 aromatic heterocycles. The lowest BCUT2D eigenvalue weighted by Crippen LogP contribution is -2.46. The van der Waals surface area contributed by atoms with Crippen molar-refractivity contribution in [2.75, 3.05) is 31.1 Å². The van der Waals surface area contributed by atoms with Crippen LogP contribution in [0.15, 0.2) is 42.6 Å². The van der Waals surface area contributed by atoms with Gasteiger partial charge < -0.3 is 9.88 Å². The number of benzene rings is 1. The van der Waals surface area contributed by atoms with Crippen LogP contribution in [0.1, 0.15) is 11.4 Å². The number of nitrogens with zero attached hydrogens (tertiary/aromatic N) is 6. The molecule has 1 N–H and O–H groups in total. The van der Waals surface area contributed by atoms with E-state index in [4.69, 9.17) is 0 Å². The molecule has 0 spiro atoms. The molecule has 0 unspecified atom stereocenters. The van der Waals surface area contributed by atoms with Gasteiger partial charge in [0.1, 0.15) is 5.82 Å². The Morgan fingerprint density at radius 1 is 0.966 bits per heavy atom. The lowest BCUT2D eigenvalue weighted by atomic mass is 10.1. The van der Waals surface area contributed by atoms with Gasteiger partial charge in [-0.25, -0.2) is 0 Å². The number of piperazine rings is 1. The molecule has 29 heavy (non-hydrogen) atoms. The van der Waals surface area contributed by atoms with Crippen LogP contribution in [0.5, 0.6) is 0 Å². The first-order chi connectivity index (χ1) is 14.0. The van der Waals surface area contributed by atoms with Gasteiger partial charge in [0.15, 0.2) is 5.65 Å². The van der Waals surface area contributed by atoms with E-state index in [0.29, 0.717) is 18.9 Å². The largest absolute Gasteiger partial charge is 0.453 e. The summed E-state index contributed by atoms with van der Waals surface area (Å²) in [7, 11) is 0. The number of H-pyrrole nitrogens is 1. The molecule has 0 bridgehead atoms. The van der Waals surface area contributed by atoms with Crippen LogP contribution in [-0.4, -0.2) is 55.9 Å². The zero-order chi connectivity index (χ0) is 20.0. The highest BCUT2D eigenvalue weighted by Crippen LogP contribution is 2.28. The van der Waals surface area contributed by atoms with Crippen LogP contribution in [-0.2, 0) is 12.7 Å². The van der Waals surface area contributed by atoms with Gasteiger partial charge in [-0.3, -0.25) is 4.90 Å². The fourth-order valence-electron chi connectivity index (χ4n) is 3.72. The molecule has 1 aliphatic rings. The van der Waals surface area contributed by atoms with E-state index < -0.39 is 12.0 Å². The number of hydrogen-bond donors (Lipinski definition) is 1. The second-order valence-corrected chi connectivity index (χ2v) is 7.15. The Labute approximate surface area is 163 Å². The summed E-state index contributed by atoms with van der Waals surface area (Å²) >= 11 is 0. The van der Waals surface area contributed by atoms with Crippen molar-refractivity contribution >= 4 is 22.4 Å². The maximum Gasteiger partial charge on any atom is 0.453 e. The summed E-state index contributed by atoms with van der Waals surface area (Å²) in [5.74, 6) is -0.607. The monoisotopic (exact) mass is 401 g/mol. The highest BCUT2D eigenvalue weighted by atomic mass is 19.4. The smallest absolute Gasteiger partial charge is 0.361 e. The molecule has 0 saturated carbocycles. The molecule has 1 saturated heterocycles. The first-order valence-electron chi connectivity index (χ1n) is 9.30. The first kappa shape index (κ1) is 17.9. The molecule has 0 amide bonds. The Hall–Kier alpha value is -3.14. The highest BCUT2D eigenvalue weighted by molar-refractivity contribution is 5.79. The maximum absolute atomic E-state index is 13.1. The predicted molar refractivity (Wildman–Crippen MR) is 102 cm³/mol. The summed E-state index contributed by atoms with van der Waals surface area (Å²) in [4.78, 5) is 7.52. The van der Waals surface area contributed by atoms with Crippen molar-refractivity contribution in [3.8, 4) is 0 Å². The molecule has 0 atom stereocenters. The zero-order valence-corrected chi connectivity index (χ0v) is 15.4. The van der Waals surface area contributed by atoms with Crippen LogP contribution in [0.3, 0.4) is 0 Å². The lowest BCUT2D eigenvalue weighted by molar-refractivity contribution is -0.146. The summed E-state index contributed by atoms with van der Waals surface area (Å²) in [6.07, 6.45) is -2.67. The van der Waals surface area contributed by atoms with Crippen molar-refractivity contribution in [3.63, 3.8) is 0 Å². The molecule has 1 fully saturated rings. The number of halogens is 3. The van der Waals surface area contributed by atoms with E-state index in [1.165, 1.54) is 17.0 Å². The Bertz CT molecular complexity index is 1160. The number of aromatic amines is 1. The second-order valence-electron chi connectivity index (χ2n) is 7.15. The van der Waals surface area contributed by atoms with Crippen LogP contribution in [0.4, 0.5) is 19.0 Å². The van der Waals surface area contributed by atoms with Crippen molar-refractivity contribution in [2.45, 2.75) is 12.7 Å². The minimum atomic E-state index is -4.59. The number of fused-ring (bicyclic) bond motifs is 2. The summed E-state index contributed by atoms with van der Waals surface area (Å²) < 4.78 is 40.0. The Morgan fingerprint density at radius 3 is 2.59 bits per heavy atom. The molecule has 1 aliphatic heterocycles. The van der Waals surface area contributed by atoms with Gasteiger partial charge in [-0.05, 0) is 41.3 Å². The van der Waals surface area contributed by atoms with E-state index in [1.54, 1.807) is 6.07 Å². The number of anilines is 1. The molecule has 7 nitrogen and oxygen atoms in total. The van der Waals surface area contributed by atoms with E-state index in [1.807, 2.05) is 11.1 Å². The molecule has 0 aliphatic carbocycles. The third kappa shape index (κ3) is 3.39. The number of nitrogens with one attached hydrogen (secondary N) is 1. The van der Waals surface area contributed by atoms with Crippen LogP contribution in [0.2, 0.25) is 0 Å². The van der Waals surface area contributed by atoms with E-state index in [9.17, 15) is 13.2 Å². The van der Waals surface area contributed by atoms with Gasteiger partial charge in [-0.1, -0.05) is 6.07 Å². The number of aromatic nitrogens is 5. The number of rotatable bonds is 3. The third-order valence-electron chi connectivity index (χ3n) is 5.22. The summed E-state index contributed by atoms with van der Waals surface area (Å²) in [5, 5.41) is 12.1. The summed E-state index contributed by atoms with van der Waals surface area (Å²) in [6, 6.07) is 11.6. The average Bonchev–Trinajstić information content (AvgIpc) is 3.34. The van der Waals surface area contributed by atoms with E-state index >= 15 is 0 Å². The van der Waals surface area contributed by atoms with E-state index in [0.717, 1.165) is 29.7 Å². The zero-order valence-electron chi connectivity index (χ0n) is 15.4. The van der Waals surface area contributed by atoms with Crippen molar-refractivity contribution < 1.29 is 13.2 Å². The van der Waals surface area contributed by atoms with Crippen LogP contribution in [0, 0.1) is 0 Å². The third-order valence-corrected chi connectivity index (χ3v) is 5.22. The first-order valence-corrected chi connectivity index (χ1v) is 9.30. The van der Waals surface area contributed by atoms with Crippen molar-refractivity contribution in [1.29, 1.82) is 0 Å². The standard InChI is InChI=1S/C19H18F3N7/c20-19(21,22)18-25-24-16-3-4-17(26-29(16)18)28-9-7-27(8-10-28)12-13-1-2-15-14(11-13)5-6-23-15/h1-6,11,23H,7-10,12H2. The molecular formula is C19H18F3N7. The van der Waals surface area contributed by atoms with Gasteiger partial charge in [0, 0.05) is 44.4 Å². The molecule has 4 aromatic rings. The normalized spacial score (nSPS) is 16.2. The van der Waals surface area contributed by atoms with Gasteiger partial charge in [0.25, 0.3) is 5.82 Å². The van der Waals surface area contributed by atoms with Crippen LogP contribution < -0.4 is 4.90 Å². The molecule has 5 rings (SSSR count). The van der Waals surface area contributed by atoms with Gasteiger partial charge in [-0.2, -0.15) is 17.7 Å². The Morgan fingerprint density at radius 2 is 1.79 bits per heavy atom. The van der Waals surface area contributed by atoms with Crippen LogP contribution in [0.25, 0.3) is 16.6 Å². The second kappa shape index (κ2) is 6.73. The average molecular weight is 401 g/mol.